The summed E-state index contributed by atoms with van der Waals surface area (Å²) in [5, 5.41) is 7.62. The number of benzene rings is 1. The van der Waals surface area contributed by atoms with Crippen molar-refractivity contribution in [1.29, 1.82) is 0 Å². The Kier molecular flexibility index (Phi) is 8.10. The van der Waals surface area contributed by atoms with Crippen LogP contribution < -0.4 is 20.9 Å². The SMILES string of the molecule is CC(=O)NCC(=O)NCC(=O)NCc1ccc(N(C)C2CCCCC2)cc1. The second-order valence-corrected chi connectivity index (χ2v) is 7.03. The Morgan fingerprint density at radius 3 is 2.15 bits per heavy atom. The third kappa shape index (κ3) is 7.29. The summed E-state index contributed by atoms with van der Waals surface area (Å²) < 4.78 is 0. The zero-order valence-electron chi connectivity index (χ0n) is 16.2. The maximum Gasteiger partial charge on any atom is 0.239 e. The van der Waals surface area contributed by atoms with Crippen LogP contribution in [-0.2, 0) is 20.9 Å². The molecule has 1 aliphatic carbocycles. The van der Waals surface area contributed by atoms with E-state index >= 15 is 0 Å². The van der Waals surface area contributed by atoms with Gasteiger partial charge >= 0.3 is 0 Å². The summed E-state index contributed by atoms with van der Waals surface area (Å²) >= 11 is 0. The van der Waals surface area contributed by atoms with E-state index in [-0.39, 0.29) is 24.9 Å². The summed E-state index contributed by atoms with van der Waals surface area (Å²) in [5.74, 6) is -0.947. The molecule has 2 rings (SSSR count). The molecule has 1 aromatic rings. The lowest BCUT2D eigenvalue weighted by Crippen LogP contribution is -2.41. The second-order valence-electron chi connectivity index (χ2n) is 7.03. The number of amides is 3. The van der Waals surface area contributed by atoms with Crippen LogP contribution in [0.4, 0.5) is 5.69 Å². The van der Waals surface area contributed by atoms with Gasteiger partial charge in [0, 0.05) is 32.2 Å². The minimum atomic E-state index is -0.393. The van der Waals surface area contributed by atoms with Crippen LogP contribution in [0.5, 0.6) is 0 Å². The molecule has 0 bridgehead atoms. The summed E-state index contributed by atoms with van der Waals surface area (Å²) in [5.41, 5.74) is 2.20. The third-order valence-corrected chi connectivity index (χ3v) is 4.90. The van der Waals surface area contributed by atoms with E-state index in [2.05, 4.69) is 40.0 Å². The number of hydrogen-bond donors (Lipinski definition) is 3. The number of carbonyl (C=O) groups excluding carboxylic acids is 3. The predicted octanol–water partition coefficient (Wildman–Crippen LogP) is 1.32. The molecule has 1 fully saturated rings. The van der Waals surface area contributed by atoms with E-state index in [1.165, 1.54) is 44.7 Å². The molecule has 148 valence electrons. The molecule has 27 heavy (non-hydrogen) atoms. The molecule has 7 nitrogen and oxygen atoms in total. The lowest BCUT2D eigenvalue weighted by molar-refractivity contribution is -0.127. The molecule has 0 saturated heterocycles. The number of rotatable bonds is 8. The van der Waals surface area contributed by atoms with E-state index in [4.69, 9.17) is 0 Å². The molecule has 0 radical (unpaired) electrons. The van der Waals surface area contributed by atoms with Gasteiger partial charge in [0.25, 0.3) is 0 Å². The minimum absolute atomic E-state index is 0.110. The van der Waals surface area contributed by atoms with Crippen LogP contribution in [0.2, 0.25) is 0 Å². The fourth-order valence-corrected chi connectivity index (χ4v) is 3.24. The molecule has 0 aromatic heterocycles. The molecule has 7 heteroatoms. The smallest absolute Gasteiger partial charge is 0.239 e. The van der Waals surface area contributed by atoms with E-state index < -0.39 is 5.91 Å². The van der Waals surface area contributed by atoms with Gasteiger partial charge in [0.15, 0.2) is 0 Å². The van der Waals surface area contributed by atoms with Gasteiger partial charge in [-0.05, 0) is 30.5 Å². The van der Waals surface area contributed by atoms with Crippen LogP contribution in [0.3, 0.4) is 0 Å². The van der Waals surface area contributed by atoms with Gasteiger partial charge in [-0.2, -0.15) is 0 Å². The van der Waals surface area contributed by atoms with Crippen LogP contribution >= 0.6 is 0 Å². The van der Waals surface area contributed by atoms with E-state index in [9.17, 15) is 14.4 Å². The van der Waals surface area contributed by atoms with Gasteiger partial charge in [-0.1, -0.05) is 31.4 Å². The molecule has 1 aromatic carbocycles. The van der Waals surface area contributed by atoms with E-state index in [1.807, 2.05) is 12.1 Å². The lowest BCUT2D eigenvalue weighted by atomic mass is 9.94. The quantitative estimate of drug-likeness (QED) is 0.640. The Labute approximate surface area is 160 Å². The van der Waals surface area contributed by atoms with Crippen molar-refractivity contribution in [3.8, 4) is 0 Å². The van der Waals surface area contributed by atoms with E-state index in [0.29, 0.717) is 12.6 Å². The van der Waals surface area contributed by atoms with Crippen LogP contribution in [0.25, 0.3) is 0 Å². The first kappa shape index (κ1) is 20.7. The normalized spacial score (nSPS) is 14.3. The van der Waals surface area contributed by atoms with Crippen molar-refractivity contribution in [2.75, 3.05) is 25.0 Å². The van der Waals surface area contributed by atoms with Gasteiger partial charge in [0.2, 0.25) is 17.7 Å². The molecule has 0 spiro atoms. The molecule has 0 heterocycles. The first-order valence-corrected chi connectivity index (χ1v) is 9.55. The fraction of sp³-hybridized carbons (Fsp3) is 0.550. The zero-order chi connectivity index (χ0) is 19.6. The van der Waals surface area contributed by atoms with Crippen molar-refractivity contribution in [3.63, 3.8) is 0 Å². The topological polar surface area (TPSA) is 90.5 Å². The number of hydrogen-bond acceptors (Lipinski definition) is 4. The van der Waals surface area contributed by atoms with Gasteiger partial charge in [0.05, 0.1) is 13.1 Å². The zero-order valence-corrected chi connectivity index (χ0v) is 16.2. The predicted molar refractivity (Wildman–Crippen MR) is 105 cm³/mol. The van der Waals surface area contributed by atoms with E-state index in [1.54, 1.807) is 0 Å². The molecule has 1 aliphatic rings. The minimum Gasteiger partial charge on any atom is -0.372 e. The van der Waals surface area contributed by atoms with Gasteiger partial charge < -0.3 is 20.9 Å². The van der Waals surface area contributed by atoms with Crippen molar-refractivity contribution in [1.82, 2.24) is 16.0 Å². The van der Waals surface area contributed by atoms with Crippen molar-refractivity contribution in [3.05, 3.63) is 29.8 Å². The third-order valence-electron chi connectivity index (χ3n) is 4.90. The summed E-state index contributed by atoms with van der Waals surface area (Å²) in [4.78, 5) is 36.3. The molecular formula is C20H30N4O3. The average Bonchev–Trinajstić information content (AvgIpc) is 2.69. The molecule has 0 atom stereocenters. The molecule has 0 aliphatic heterocycles. The maximum atomic E-state index is 11.8. The summed E-state index contributed by atoms with van der Waals surface area (Å²) in [7, 11) is 2.15. The second kappa shape index (κ2) is 10.5. The van der Waals surface area contributed by atoms with Crippen molar-refractivity contribution in [2.45, 2.75) is 51.6 Å². The molecular weight excluding hydrogens is 344 g/mol. The Morgan fingerprint density at radius 1 is 0.926 bits per heavy atom. The van der Waals surface area contributed by atoms with Crippen LogP contribution in [0, 0.1) is 0 Å². The Balaban J connectivity index is 1.72. The summed E-state index contributed by atoms with van der Waals surface area (Å²) in [6.45, 7) is 1.51. The number of nitrogens with zero attached hydrogens (tertiary/aromatic N) is 1. The highest BCUT2D eigenvalue weighted by Crippen LogP contribution is 2.26. The Hall–Kier alpha value is -2.57. The lowest BCUT2D eigenvalue weighted by Gasteiger charge is -2.33. The van der Waals surface area contributed by atoms with Crippen LogP contribution in [-0.4, -0.2) is 43.9 Å². The van der Waals surface area contributed by atoms with Gasteiger partial charge in [0.1, 0.15) is 0 Å². The molecule has 3 amide bonds. The first-order valence-electron chi connectivity index (χ1n) is 9.55. The van der Waals surface area contributed by atoms with Crippen molar-refractivity contribution in [2.24, 2.45) is 0 Å². The number of anilines is 1. The largest absolute Gasteiger partial charge is 0.372 e. The van der Waals surface area contributed by atoms with Crippen molar-refractivity contribution < 1.29 is 14.4 Å². The fourth-order valence-electron chi connectivity index (χ4n) is 3.24. The highest BCUT2D eigenvalue weighted by atomic mass is 16.2. The van der Waals surface area contributed by atoms with Crippen LogP contribution in [0.1, 0.15) is 44.6 Å². The van der Waals surface area contributed by atoms with Gasteiger partial charge in [-0.3, -0.25) is 14.4 Å². The Morgan fingerprint density at radius 2 is 1.52 bits per heavy atom. The van der Waals surface area contributed by atoms with Crippen LogP contribution in [0.15, 0.2) is 24.3 Å². The summed E-state index contributed by atoms with van der Waals surface area (Å²) in [6, 6.07) is 8.83. The Bertz CT molecular complexity index is 639. The summed E-state index contributed by atoms with van der Waals surface area (Å²) in [6.07, 6.45) is 6.46. The standard InChI is InChI=1S/C20H30N4O3/c1-15(25)21-13-19(26)23-14-20(27)22-12-16-8-10-18(11-9-16)24(2)17-6-4-3-5-7-17/h8-11,17H,3-7,12-14H2,1-2H3,(H,21,25)(H,22,27)(H,23,26). The molecule has 0 unspecified atom stereocenters. The van der Waals surface area contributed by atoms with Crippen molar-refractivity contribution >= 4 is 23.4 Å². The maximum absolute atomic E-state index is 11.8. The molecule has 1 saturated carbocycles. The highest BCUT2D eigenvalue weighted by molar-refractivity contribution is 5.87. The molecule has 3 N–H and O–H groups in total. The highest BCUT2D eigenvalue weighted by Gasteiger charge is 2.18. The van der Waals surface area contributed by atoms with E-state index in [0.717, 1.165) is 5.56 Å². The van der Waals surface area contributed by atoms with Gasteiger partial charge in [-0.15, -0.1) is 0 Å². The number of carbonyl (C=O) groups is 3. The van der Waals surface area contributed by atoms with Gasteiger partial charge in [-0.25, -0.2) is 0 Å². The average molecular weight is 374 g/mol. The first-order chi connectivity index (χ1) is 13.0. The monoisotopic (exact) mass is 374 g/mol. The number of nitrogens with one attached hydrogen (secondary N) is 3.